The minimum Gasteiger partial charge on any atom is -0.369 e. The zero-order valence-corrected chi connectivity index (χ0v) is 14.4. The zero-order valence-electron chi connectivity index (χ0n) is 13.4. The summed E-state index contributed by atoms with van der Waals surface area (Å²) >= 11 is 0. The van der Waals surface area contributed by atoms with E-state index in [1.807, 2.05) is 0 Å². The average Bonchev–Trinajstić information content (AvgIpc) is 3.04. The van der Waals surface area contributed by atoms with Gasteiger partial charge in [-0.25, -0.2) is 0 Å². The molecule has 1 saturated heterocycles. The molecule has 1 heterocycles. The Kier molecular flexibility index (Phi) is 2.90. The molecule has 0 bridgehead atoms. The summed E-state index contributed by atoms with van der Waals surface area (Å²) in [5.41, 5.74) is 2.69. The molecule has 3 aliphatic rings. The van der Waals surface area contributed by atoms with Crippen molar-refractivity contribution < 1.29 is 4.74 Å². The van der Waals surface area contributed by atoms with Crippen molar-refractivity contribution in [1.82, 2.24) is 0 Å². The molecule has 5 atom stereocenters. The van der Waals surface area contributed by atoms with Crippen LogP contribution in [0.3, 0.4) is 0 Å². The summed E-state index contributed by atoms with van der Waals surface area (Å²) in [4.78, 5) is 0. The van der Waals surface area contributed by atoms with E-state index in [0.29, 0.717) is 11.1 Å². The highest BCUT2D eigenvalue weighted by Gasteiger charge is 2.72. The largest absolute Gasteiger partial charge is 0.369 e. The van der Waals surface area contributed by atoms with Crippen LogP contribution >= 0.6 is 0 Å². The highest BCUT2D eigenvalue weighted by molar-refractivity contribution is 6.78. The van der Waals surface area contributed by atoms with Crippen LogP contribution in [-0.4, -0.2) is 19.4 Å². The van der Waals surface area contributed by atoms with E-state index in [1.165, 1.54) is 37.7 Å². The van der Waals surface area contributed by atoms with Gasteiger partial charge in [0.05, 0.1) is 19.4 Å². The number of hydrogen-bond donors (Lipinski definition) is 0. The molecule has 2 heteroatoms. The van der Waals surface area contributed by atoms with E-state index in [1.54, 1.807) is 0 Å². The van der Waals surface area contributed by atoms with Crippen molar-refractivity contribution in [2.24, 2.45) is 17.3 Å². The summed E-state index contributed by atoms with van der Waals surface area (Å²) in [6.07, 6.45) is 6.60. The molecular weight excluding hydrogens is 248 g/mol. The quantitative estimate of drug-likeness (QED) is 0.381. The molecule has 1 aliphatic heterocycles. The second-order valence-electron chi connectivity index (χ2n) is 8.62. The van der Waals surface area contributed by atoms with Crippen LogP contribution in [0, 0.1) is 17.3 Å². The van der Waals surface area contributed by atoms with E-state index < -0.39 is 8.07 Å². The van der Waals surface area contributed by atoms with Gasteiger partial charge < -0.3 is 4.74 Å². The summed E-state index contributed by atoms with van der Waals surface area (Å²) in [7, 11) is -1.21. The van der Waals surface area contributed by atoms with Crippen LogP contribution in [0.15, 0.2) is 12.2 Å². The van der Waals surface area contributed by atoms with Crippen LogP contribution in [0.5, 0.6) is 0 Å². The Hall–Kier alpha value is -0.0831. The molecule has 3 fully saturated rings. The fourth-order valence-electron chi connectivity index (χ4n) is 5.19. The second kappa shape index (κ2) is 3.97. The summed E-state index contributed by atoms with van der Waals surface area (Å²) in [6.45, 7) is 16.8. The van der Waals surface area contributed by atoms with E-state index in [0.717, 1.165) is 11.8 Å². The first-order valence-electron chi connectivity index (χ1n) is 8.09. The summed E-state index contributed by atoms with van der Waals surface area (Å²) < 4.78 is 6.53. The van der Waals surface area contributed by atoms with Gasteiger partial charge in [-0.3, -0.25) is 0 Å². The van der Waals surface area contributed by atoms with Gasteiger partial charge in [-0.2, -0.15) is 0 Å². The predicted molar refractivity (Wildman–Crippen MR) is 83.9 cm³/mol. The van der Waals surface area contributed by atoms with Crippen molar-refractivity contribution in [3.63, 3.8) is 0 Å². The Morgan fingerprint density at radius 1 is 1.26 bits per heavy atom. The van der Waals surface area contributed by atoms with Crippen LogP contribution in [0.1, 0.15) is 46.0 Å². The smallest absolute Gasteiger partial charge is 0.0975 e. The van der Waals surface area contributed by atoms with Gasteiger partial charge in [0.15, 0.2) is 0 Å². The SMILES string of the molecule is C=C1CCC[C@H]2[C@@]3(O[C@@H]3[Si](C)(C)C)[C@@H](C)CC[C@@]12C. The van der Waals surface area contributed by atoms with Crippen LogP contribution in [-0.2, 0) is 4.74 Å². The van der Waals surface area contributed by atoms with Gasteiger partial charge in [0.25, 0.3) is 0 Å². The molecular formula is C17H30OSi. The highest BCUT2D eigenvalue weighted by Crippen LogP contribution is 2.67. The van der Waals surface area contributed by atoms with Crippen LogP contribution in [0.25, 0.3) is 0 Å². The van der Waals surface area contributed by atoms with Crippen molar-refractivity contribution in [3.05, 3.63) is 12.2 Å². The molecule has 0 aromatic heterocycles. The number of epoxide rings is 1. The summed E-state index contributed by atoms with van der Waals surface area (Å²) in [5, 5.41) is 0. The maximum atomic E-state index is 6.53. The lowest BCUT2D eigenvalue weighted by atomic mass is 9.52. The number of fused-ring (bicyclic) bond motifs is 2. The first-order chi connectivity index (χ1) is 8.73. The predicted octanol–water partition coefficient (Wildman–Crippen LogP) is 4.79. The molecule has 108 valence electrons. The average molecular weight is 279 g/mol. The topological polar surface area (TPSA) is 12.5 Å². The number of hydrogen-bond acceptors (Lipinski definition) is 1. The summed E-state index contributed by atoms with van der Waals surface area (Å²) in [6, 6.07) is 0. The lowest BCUT2D eigenvalue weighted by Crippen LogP contribution is -2.53. The minimum absolute atomic E-state index is 0.223. The van der Waals surface area contributed by atoms with Crippen LogP contribution in [0.2, 0.25) is 19.6 Å². The standard InChI is InChI=1S/C17H30OSi/c1-12-8-7-9-14-16(12,3)11-10-13(2)17(14)15(18-17)19(4,5)6/h13-15H,1,7-11H2,2-6H3/t13-,14+,15+,16-,17-/m0/s1. The third kappa shape index (κ3) is 1.75. The molecule has 0 aromatic rings. The van der Waals surface area contributed by atoms with E-state index >= 15 is 0 Å². The summed E-state index contributed by atoms with van der Waals surface area (Å²) in [5.74, 6) is 1.48. The van der Waals surface area contributed by atoms with E-state index in [4.69, 9.17) is 4.74 Å². The molecule has 3 rings (SSSR count). The first-order valence-corrected chi connectivity index (χ1v) is 11.7. The van der Waals surface area contributed by atoms with Crippen molar-refractivity contribution in [1.29, 1.82) is 0 Å². The minimum atomic E-state index is -1.21. The monoisotopic (exact) mass is 278 g/mol. The van der Waals surface area contributed by atoms with Gasteiger partial charge in [0.2, 0.25) is 0 Å². The Balaban J connectivity index is 1.98. The fraction of sp³-hybridized carbons (Fsp3) is 0.882. The van der Waals surface area contributed by atoms with Crippen molar-refractivity contribution in [2.45, 2.75) is 76.9 Å². The Morgan fingerprint density at radius 2 is 1.95 bits per heavy atom. The van der Waals surface area contributed by atoms with Gasteiger partial charge in [-0.1, -0.05) is 45.6 Å². The maximum absolute atomic E-state index is 6.53. The molecule has 2 aliphatic carbocycles. The molecule has 1 nitrogen and oxygen atoms in total. The van der Waals surface area contributed by atoms with Crippen LogP contribution < -0.4 is 0 Å². The molecule has 0 N–H and O–H groups in total. The molecule has 19 heavy (non-hydrogen) atoms. The lowest BCUT2D eigenvalue weighted by Gasteiger charge is -2.52. The molecule has 0 radical (unpaired) electrons. The number of ether oxygens (including phenoxy) is 1. The molecule has 0 amide bonds. The van der Waals surface area contributed by atoms with Gasteiger partial charge in [0.1, 0.15) is 0 Å². The van der Waals surface area contributed by atoms with E-state index in [2.05, 4.69) is 40.1 Å². The third-order valence-corrected chi connectivity index (χ3v) is 8.56. The Morgan fingerprint density at radius 3 is 2.53 bits per heavy atom. The lowest BCUT2D eigenvalue weighted by molar-refractivity contribution is -0.00285. The van der Waals surface area contributed by atoms with Crippen molar-refractivity contribution in [2.75, 3.05) is 0 Å². The van der Waals surface area contributed by atoms with Gasteiger partial charge in [-0.05, 0) is 49.4 Å². The number of allylic oxidation sites excluding steroid dienone is 1. The van der Waals surface area contributed by atoms with Gasteiger partial charge in [0, 0.05) is 0 Å². The Labute approximate surface area is 119 Å². The molecule has 0 aromatic carbocycles. The molecule has 0 unspecified atom stereocenters. The van der Waals surface area contributed by atoms with Crippen LogP contribution in [0.4, 0.5) is 0 Å². The van der Waals surface area contributed by atoms with Gasteiger partial charge >= 0.3 is 0 Å². The fourth-order valence-corrected chi connectivity index (χ4v) is 7.59. The van der Waals surface area contributed by atoms with E-state index in [-0.39, 0.29) is 5.60 Å². The zero-order chi connectivity index (χ0) is 14.1. The van der Waals surface area contributed by atoms with Crippen molar-refractivity contribution in [3.8, 4) is 0 Å². The molecule has 2 saturated carbocycles. The first kappa shape index (κ1) is 13.9. The molecule has 1 spiro atoms. The van der Waals surface area contributed by atoms with E-state index in [9.17, 15) is 0 Å². The highest BCUT2D eigenvalue weighted by atomic mass is 28.3. The maximum Gasteiger partial charge on any atom is 0.0975 e. The number of rotatable bonds is 1. The van der Waals surface area contributed by atoms with Gasteiger partial charge in [-0.15, -0.1) is 0 Å². The second-order valence-corrected chi connectivity index (χ2v) is 13.9. The van der Waals surface area contributed by atoms with Crippen molar-refractivity contribution >= 4 is 8.07 Å². The normalized spacial score (nSPS) is 50.2. The third-order valence-electron chi connectivity index (χ3n) is 6.42. The Bertz CT molecular complexity index is 410.